The Bertz CT molecular complexity index is 2140. The van der Waals surface area contributed by atoms with Gasteiger partial charge in [-0.25, -0.2) is 4.79 Å². The topological polar surface area (TPSA) is 220 Å². The molecule has 0 aromatic carbocycles. The van der Waals surface area contributed by atoms with E-state index >= 15 is 0 Å². The first-order chi connectivity index (χ1) is 35.8. The number of carbonyl (C=O) groups excluding carboxylic acids is 6. The van der Waals surface area contributed by atoms with E-state index < -0.39 is 113 Å². The van der Waals surface area contributed by atoms with Gasteiger partial charge in [0.2, 0.25) is 5.79 Å². The first-order valence-corrected chi connectivity index (χ1v) is 27.8. The number of hydrogen-bond acceptors (Lipinski definition) is 16. The Kier molecular flexibility index (Phi) is 23.0. The molecule has 5 aliphatic rings. The highest BCUT2D eigenvalue weighted by Crippen LogP contribution is 2.39. The molecule has 3 saturated heterocycles. The number of Topliss-reactive ketones (excluding diaryl/α,β-unsaturated/α-hetero) is 3. The van der Waals surface area contributed by atoms with Crippen LogP contribution in [0.4, 0.5) is 0 Å². The maximum atomic E-state index is 14.6. The summed E-state index contributed by atoms with van der Waals surface area (Å²) in [7, 11) is 4.52. The van der Waals surface area contributed by atoms with Gasteiger partial charge in [0.1, 0.15) is 41.7 Å². The number of cyclic esters (lactones) is 1. The van der Waals surface area contributed by atoms with Gasteiger partial charge in [-0.15, -0.1) is 0 Å². The number of fused-ring (bicyclic) bond motifs is 3. The van der Waals surface area contributed by atoms with Crippen LogP contribution in [0.25, 0.3) is 0 Å². The smallest absolute Gasteiger partial charge is 0.329 e. The molecular formula is C59H91NO16. The van der Waals surface area contributed by atoms with Gasteiger partial charge in [-0.1, -0.05) is 71.1 Å². The molecule has 0 radical (unpaired) electrons. The van der Waals surface area contributed by atoms with Crippen LogP contribution in [0.3, 0.4) is 0 Å². The quantitative estimate of drug-likeness (QED) is 0.136. The second kappa shape index (κ2) is 27.8. The van der Waals surface area contributed by atoms with Gasteiger partial charge < -0.3 is 53.0 Å². The number of ketones is 3. The Morgan fingerprint density at radius 3 is 2.18 bits per heavy atom. The minimum absolute atomic E-state index is 0.000496. The normalized spacial score (nSPS) is 38.8. The summed E-state index contributed by atoms with van der Waals surface area (Å²) < 4.78 is 47.6. The fraction of sp³-hybridized carbons (Fsp3) is 0.763. The van der Waals surface area contributed by atoms with Crippen molar-refractivity contribution in [2.45, 2.75) is 207 Å². The van der Waals surface area contributed by atoms with E-state index in [9.17, 15) is 39.0 Å². The van der Waals surface area contributed by atoms with Crippen LogP contribution in [-0.4, -0.2) is 152 Å². The van der Waals surface area contributed by atoms with Gasteiger partial charge in [-0.2, -0.15) is 0 Å². The lowest BCUT2D eigenvalue weighted by Gasteiger charge is -2.43. The minimum atomic E-state index is -2.46. The van der Waals surface area contributed by atoms with Crippen molar-refractivity contribution in [2.75, 3.05) is 41.1 Å². The summed E-state index contributed by atoms with van der Waals surface area (Å²) >= 11 is 0. The molecule has 76 heavy (non-hydrogen) atoms. The van der Waals surface area contributed by atoms with Crippen molar-refractivity contribution in [2.24, 2.45) is 40.9 Å². The van der Waals surface area contributed by atoms with E-state index in [0.29, 0.717) is 69.8 Å². The number of rotatable bonds is 8. The summed E-state index contributed by atoms with van der Waals surface area (Å²) in [4.78, 5) is 86.3. The molecule has 2 bridgehead atoms. The summed E-state index contributed by atoms with van der Waals surface area (Å²) in [5.41, 5.74) is 0.243. The van der Waals surface area contributed by atoms with Crippen molar-refractivity contribution in [3.05, 3.63) is 47.6 Å². The summed E-state index contributed by atoms with van der Waals surface area (Å²) in [5, 5.41) is 23.6. The molecule has 1 amide bonds. The van der Waals surface area contributed by atoms with Crippen LogP contribution in [0.1, 0.15) is 146 Å². The largest absolute Gasteiger partial charge is 0.460 e. The average molecular weight is 1070 g/mol. The Hall–Kier alpha value is -3.94. The highest BCUT2D eigenvalue weighted by Gasteiger charge is 2.53. The molecule has 17 nitrogen and oxygen atoms in total. The number of esters is 2. The second-order valence-corrected chi connectivity index (χ2v) is 23.5. The zero-order chi connectivity index (χ0) is 56.3. The van der Waals surface area contributed by atoms with E-state index in [4.69, 9.17) is 37.9 Å². The number of piperidine rings is 1. The molecule has 1 saturated carbocycles. The number of aliphatic hydroxyl groups excluding tert-OH is 1. The van der Waals surface area contributed by atoms with Crippen molar-refractivity contribution in [3.63, 3.8) is 0 Å². The molecule has 0 aromatic heterocycles. The highest BCUT2D eigenvalue weighted by atomic mass is 16.7. The lowest BCUT2D eigenvalue weighted by atomic mass is 9.78. The first kappa shape index (κ1) is 62.9. The standard InChI is InChI=1S/C59H91NO16/c1-35-19-15-14-16-20-36(2)47(69-11)31-43-24-22-41(7)59(68,76-43)53(64)54(65)60-26-18-17-21-44(60)55(66)74-48(32-45(61)37(3)28-40(6)51(63)52(71-13)50(62)39(5)27-35)38(4)29-42-23-25-46(49(30-42)70-12)75-56(67)58(10)33-72-57(8,9)73-34-58/h14-16,19-20,28,35,37-39,41-44,46-49,51-52,63,68H,17-18,21-27,29-34H2,1-13H3/b16-14+,19-15+,36-20+,40-28+/t35-,37-,38-,39-,41-,42+,43+,44+,46-,47?,48+,49-,51-,52?,59-/m1/s1. The van der Waals surface area contributed by atoms with Gasteiger partial charge >= 0.3 is 11.9 Å². The van der Waals surface area contributed by atoms with E-state index in [-0.39, 0.29) is 56.0 Å². The second-order valence-electron chi connectivity index (χ2n) is 23.5. The molecule has 4 fully saturated rings. The number of allylic oxidation sites excluding steroid dienone is 6. The number of hydrogen-bond donors (Lipinski definition) is 2. The van der Waals surface area contributed by atoms with E-state index in [1.54, 1.807) is 61.8 Å². The first-order valence-electron chi connectivity index (χ1n) is 27.8. The van der Waals surface area contributed by atoms with Crippen molar-refractivity contribution >= 4 is 35.2 Å². The maximum absolute atomic E-state index is 14.6. The third-order valence-corrected chi connectivity index (χ3v) is 16.7. The summed E-state index contributed by atoms with van der Waals surface area (Å²) in [6, 6.07) is -1.18. The maximum Gasteiger partial charge on any atom is 0.329 e. The van der Waals surface area contributed by atoms with Gasteiger partial charge in [0.05, 0.1) is 31.5 Å². The number of methoxy groups -OCH3 is 3. The fourth-order valence-electron chi connectivity index (χ4n) is 11.4. The van der Waals surface area contributed by atoms with Crippen molar-refractivity contribution in [1.29, 1.82) is 0 Å². The van der Waals surface area contributed by atoms with E-state index in [0.717, 1.165) is 5.57 Å². The number of carbonyl (C=O) groups is 6. The predicted octanol–water partition coefficient (Wildman–Crippen LogP) is 7.52. The minimum Gasteiger partial charge on any atom is -0.460 e. The van der Waals surface area contributed by atoms with Crippen molar-refractivity contribution in [3.8, 4) is 0 Å². The van der Waals surface area contributed by atoms with E-state index in [1.165, 1.54) is 12.0 Å². The molecule has 428 valence electrons. The molecule has 1 aliphatic carbocycles. The molecule has 17 heteroatoms. The fourth-order valence-corrected chi connectivity index (χ4v) is 11.4. The van der Waals surface area contributed by atoms with Crippen molar-refractivity contribution < 1.29 is 76.9 Å². The Labute approximate surface area is 451 Å². The van der Waals surface area contributed by atoms with Crippen LogP contribution in [0, 0.1) is 40.9 Å². The van der Waals surface area contributed by atoms with Gasteiger partial charge in [-0.05, 0) is 128 Å². The SMILES string of the molecule is COC1C[C@@H]2CC[C@@H](C)[C@@](O)(O2)C(=O)C(=O)N2CCCC[C@H]2C(=O)O[C@H]([C@H](C)C[C@@H]2CC[C@@H](OC(=O)C3(C)COC(C)(C)OC3)[C@H](OC)C2)CC(=O)[C@H](C)/C=C(\C)[C@@H](O)C(OC)C(=O)[C@H](C)C[C@H](C)/C=C/C=C/C=C/1C. The monoisotopic (exact) mass is 1070 g/mol. The molecule has 15 atom stereocenters. The Morgan fingerprint density at radius 2 is 1.53 bits per heavy atom. The lowest BCUT2D eigenvalue weighted by molar-refractivity contribution is -0.283. The van der Waals surface area contributed by atoms with Crippen LogP contribution < -0.4 is 0 Å². The van der Waals surface area contributed by atoms with Crippen LogP contribution in [0.5, 0.6) is 0 Å². The highest BCUT2D eigenvalue weighted by molar-refractivity contribution is 6.39. The molecule has 4 heterocycles. The Balaban J connectivity index is 1.43. The summed E-state index contributed by atoms with van der Waals surface area (Å²) in [6.45, 7) is 18.3. The average Bonchev–Trinajstić information content (AvgIpc) is 3.39. The van der Waals surface area contributed by atoms with Crippen LogP contribution in [-0.2, 0) is 66.7 Å². The molecule has 0 aromatic rings. The molecular weight excluding hydrogens is 979 g/mol. The predicted molar refractivity (Wildman–Crippen MR) is 283 cm³/mol. The number of amides is 1. The number of aliphatic hydroxyl groups is 2. The lowest BCUT2D eigenvalue weighted by Crippen LogP contribution is -2.61. The molecule has 5 rings (SSSR count). The van der Waals surface area contributed by atoms with Crippen LogP contribution >= 0.6 is 0 Å². The van der Waals surface area contributed by atoms with Crippen molar-refractivity contribution in [1.82, 2.24) is 4.90 Å². The third kappa shape index (κ3) is 16.1. The van der Waals surface area contributed by atoms with Crippen LogP contribution in [0.15, 0.2) is 47.6 Å². The molecule has 2 unspecified atom stereocenters. The van der Waals surface area contributed by atoms with Gasteiger partial charge in [0.25, 0.3) is 11.7 Å². The molecule has 0 spiro atoms. The number of ether oxygens (including phenoxy) is 8. The van der Waals surface area contributed by atoms with Crippen LogP contribution in [0.2, 0.25) is 0 Å². The van der Waals surface area contributed by atoms with E-state index in [1.807, 2.05) is 58.1 Å². The zero-order valence-electron chi connectivity index (χ0n) is 47.7. The number of nitrogens with zero attached hydrogens (tertiary/aromatic N) is 1. The summed E-state index contributed by atoms with van der Waals surface area (Å²) in [5.74, 6) is -9.63. The Morgan fingerprint density at radius 1 is 0.829 bits per heavy atom. The van der Waals surface area contributed by atoms with Gasteiger partial charge in [0.15, 0.2) is 11.6 Å². The summed E-state index contributed by atoms with van der Waals surface area (Å²) in [6.07, 6.45) is 10.5. The zero-order valence-corrected chi connectivity index (χ0v) is 47.7. The van der Waals surface area contributed by atoms with Gasteiger partial charge in [-0.3, -0.25) is 24.0 Å². The van der Waals surface area contributed by atoms with E-state index in [2.05, 4.69) is 0 Å². The van der Waals surface area contributed by atoms with Gasteiger partial charge in [0, 0.05) is 58.5 Å². The molecule has 2 N–H and O–H groups in total. The third-order valence-electron chi connectivity index (χ3n) is 16.7. The molecule has 4 aliphatic heterocycles.